The Kier molecular flexibility index (Phi) is 14.2. The molecule has 14 nitrogen and oxygen atoms in total. The van der Waals surface area contributed by atoms with E-state index in [0.717, 1.165) is 10.8 Å². The molecule has 1 unspecified atom stereocenters. The molecule has 3 rings (SSSR count). The van der Waals surface area contributed by atoms with E-state index in [2.05, 4.69) is 16.0 Å². The van der Waals surface area contributed by atoms with Crippen LogP contribution >= 0.6 is 0 Å². The van der Waals surface area contributed by atoms with E-state index in [1.807, 2.05) is 30.3 Å². The molecule has 0 saturated carbocycles. The van der Waals surface area contributed by atoms with E-state index in [9.17, 15) is 44.1 Å². The van der Waals surface area contributed by atoms with Crippen molar-refractivity contribution in [2.24, 2.45) is 11.5 Å². The van der Waals surface area contributed by atoms with Crippen LogP contribution < -0.4 is 27.4 Å². The molecule has 0 bridgehead atoms. The number of nitrogens with one attached hydrogen (secondary N) is 3. The lowest BCUT2D eigenvalue weighted by Gasteiger charge is -2.30. The van der Waals surface area contributed by atoms with E-state index in [-0.39, 0.29) is 32.2 Å². The third kappa shape index (κ3) is 12.0. The second kappa shape index (κ2) is 18.3. The van der Waals surface area contributed by atoms with Gasteiger partial charge in [-0.3, -0.25) is 24.0 Å². The number of carbonyl (C=O) groups excluding carboxylic acids is 3. The molecule has 262 valence electrons. The molecule has 0 heterocycles. The summed E-state index contributed by atoms with van der Waals surface area (Å²) in [5.74, 6) is -6.65. The first kappa shape index (κ1) is 38.1. The van der Waals surface area contributed by atoms with E-state index >= 15 is 0 Å². The van der Waals surface area contributed by atoms with Crippen molar-refractivity contribution < 1.29 is 44.1 Å². The first-order chi connectivity index (χ1) is 23.3. The van der Waals surface area contributed by atoms with Gasteiger partial charge < -0.3 is 42.7 Å². The van der Waals surface area contributed by atoms with Gasteiger partial charge in [0.15, 0.2) is 0 Å². The smallest absolute Gasteiger partial charge is 0.326 e. The average Bonchev–Trinajstić information content (AvgIpc) is 3.05. The minimum Gasteiger partial charge on any atom is -0.481 e. The molecule has 0 radical (unpaired) electrons. The number of nitrogens with two attached hydrogens (primary N) is 2. The number of rotatable bonds is 20. The Labute approximate surface area is 283 Å². The van der Waals surface area contributed by atoms with Crippen molar-refractivity contribution in [2.45, 2.75) is 75.0 Å². The Bertz CT molecular complexity index is 1630. The van der Waals surface area contributed by atoms with Gasteiger partial charge in [0.05, 0.1) is 6.42 Å². The SMILES string of the molecule is NCCCC[C@H](NC(=O)C(N)(CC(=O)O)Cc1ccc2ccccc2c1)C(=O)N[C@@H](CCC(=O)O)C(=O)N[C@@H](Cc1ccccc1)C(=O)O. The maximum atomic E-state index is 13.7. The minimum atomic E-state index is -1.98. The van der Waals surface area contributed by atoms with Crippen molar-refractivity contribution in [1.82, 2.24) is 16.0 Å². The molecular formula is C35H43N5O9. The first-order valence-electron chi connectivity index (χ1n) is 15.9. The Morgan fingerprint density at radius 1 is 0.673 bits per heavy atom. The van der Waals surface area contributed by atoms with Crippen molar-refractivity contribution in [1.29, 1.82) is 0 Å². The number of carboxylic acids is 3. The highest BCUT2D eigenvalue weighted by Crippen LogP contribution is 2.21. The Hall–Kier alpha value is -5.34. The van der Waals surface area contributed by atoms with E-state index in [1.165, 1.54) is 0 Å². The maximum absolute atomic E-state index is 13.7. The zero-order valence-electron chi connectivity index (χ0n) is 27.0. The lowest BCUT2D eigenvalue weighted by atomic mass is 9.86. The fraction of sp³-hybridized carbons (Fsp3) is 0.371. The van der Waals surface area contributed by atoms with Gasteiger partial charge >= 0.3 is 17.9 Å². The second-order valence-electron chi connectivity index (χ2n) is 12.0. The predicted molar refractivity (Wildman–Crippen MR) is 180 cm³/mol. The number of hydrogen-bond donors (Lipinski definition) is 8. The highest BCUT2D eigenvalue weighted by atomic mass is 16.4. The van der Waals surface area contributed by atoms with E-state index in [4.69, 9.17) is 11.5 Å². The van der Waals surface area contributed by atoms with Crippen molar-refractivity contribution in [3.8, 4) is 0 Å². The third-order valence-electron chi connectivity index (χ3n) is 8.00. The lowest BCUT2D eigenvalue weighted by Crippen LogP contribution is -2.62. The number of carbonyl (C=O) groups is 6. The molecule has 14 heteroatoms. The quantitative estimate of drug-likeness (QED) is 0.0792. The van der Waals surface area contributed by atoms with Crippen molar-refractivity contribution in [2.75, 3.05) is 6.54 Å². The summed E-state index contributed by atoms with van der Waals surface area (Å²) in [5.41, 5.74) is 11.3. The normalized spacial score (nSPS) is 14.1. The maximum Gasteiger partial charge on any atom is 0.326 e. The van der Waals surface area contributed by atoms with Crippen LogP contribution in [-0.4, -0.2) is 81.2 Å². The van der Waals surface area contributed by atoms with Crippen molar-refractivity contribution >= 4 is 46.4 Å². The monoisotopic (exact) mass is 677 g/mol. The Morgan fingerprint density at radius 3 is 1.90 bits per heavy atom. The molecule has 0 aliphatic carbocycles. The lowest BCUT2D eigenvalue weighted by molar-refractivity contribution is -0.143. The number of hydrogen-bond acceptors (Lipinski definition) is 8. The third-order valence-corrected chi connectivity index (χ3v) is 8.00. The highest BCUT2D eigenvalue weighted by molar-refractivity contribution is 5.96. The van der Waals surface area contributed by atoms with Gasteiger partial charge in [0.2, 0.25) is 17.7 Å². The van der Waals surface area contributed by atoms with Crippen LogP contribution in [0.5, 0.6) is 0 Å². The van der Waals surface area contributed by atoms with Gasteiger partial charge in [-0.2, -0.15) is 0 Å². The van der Waals surface area contributed by atoms with Crippen LogP contribution in [0.4, 0.5) is 0 Å². The minimum absolute atomic E-state index is 0.0346. The van der Waals surface area contributed by atoms with Crippen LogP contribution in [0.3, 0.4) is 0 Å². The van der Waals surface area contributed by atoms with Gasteiger partial charge in [-0.25, -0.2) is 4.79 Å². The molecule has 3 aromatic rings. The molecule has 10 N–H and O–H groups in total. The molecule has 49 heavy (non-hydrogen) atoms. The number of benzene rings is 3. The summed E-state index contributed by atoms with van der Waals surface area (Å²) in [6.45, 7) is 0.283. The second-order valence-corrected chi connectivity index (χ2v) is 12.0. The molecular weight excluding hydrogens is 634 g/mol. The van der Waals surface area contributed by atoms with Gasteiger partial charge in [-0.1, -0.05) is 72.8 Å². The molecule has 0 saturated heterocycles. The highest BCUT2D eigenvalue weighted by Gasteiger charge is 2.39. The number of aliphatic carboxylic acids is 3. The molecule has 0 aliphatic rings. The first-order valence-corrected chi connectivity index (χ1v) is 15.9. The summed E-state index contributed by atoms with van der Waals surface area (Å²) in [5, 5.41) is 37.9. The molecule has 4 atom stereocenters. The van der Waals surface area contributed by atoms with Crippen LogP contribution in [-0.2, 0) is 41.6 Å². The van der Waals surface area contributed by atoms with Crippen LogP contribution in [0.1, 0.15) is 49.7 Å². The molecule has 0 spiro atoms. The molecule has 0 aliphatic heterocycles. The fourth-order valence-electron chi connectivity index (χ4n) is 5.40. The van der Waals surface area contributed by atoms with E-state index < -0.39 is 72.1 Å². The van der Waals surface area contributed by atoms with Crippen molar-refractivity contribution in [3.05, 3.63) is 83.9 Å². The van der Waals surface area contributed by atoms with Gasteiger partial charge in [-0.05, 0) is 60.5 Å². The summed E-state index contributed by atoms with van der Waals surface area (Å²) in [4.78, 5) is 75.9. The number of carboxylic acid groups (broad SMARTS) is 3. The predicted octanol–water partition coefficient (Wildman–Crippen LogP) is 1.33. The van der Waals surface area contributed by atoms with Crippen molar-refractivity contribution in [3.63, 3.8) is 0 Å². The number of fused-ring (bicyclic) bond motifs is 1. The Balaban J connectivity index is 1.83. The molecule has 0 aromatic heterocycles. The fourth-order valence-corrected chi connectivity index (χ4v) is 5.40. The summed E-state index contributed by atoms with van der Waals surface area (Å²) >= 11 is 0. The Morgan fingerprint density at radius 2 is 1.29 bits per heavy atom. The topological polar surface area (TPSA) is 251 Å². The van der Waals surface area contributed by atoms with Gasteiger partial charge in [0, 0.05) is 12.8 Å². The molecule has 3 aromatic carbocycles. The van der Waals surface area contributed by atoms with Crippen LogP contribution in [0, 0.1) is 0 Å². The summed E-state index contributed by atoms with van der Waals surface area (Å²) in [7, 11) is 0. The molecule has 3 amide bonds. The van der Waals surface area contributed by atoms with E-state index in [0.29, 0.717) is 24.0 Å². The summed E-state index contributed by atoms with van der Waals surface area (Å²) in [6, 6.07) is 17.2. The number of amides is 3. The molecule has 0 fully saturated rings. The standard InChI is InChI=1S/C35H43N5O9/c36-17-7-6-12-26(40-34(49)35(37,21-30(43)44)20-23-13-14-24-10-4-5-11-25(24)18-23)31(45)38-27(15-16-29(41)42)32(46)39-28(33(47)48)19-22-8-2-1-3-9-22/h1-5,8-11,13-14,18,26-28H,6-7,12,15-17,19-21,36-37H2,(H,38,45)(H,39,46)(H,40,49)(H,41,42)(H,43,44)(H,47,48)/t26-,27-,28-,35?/m0/s1. The summed E-state index contributed by atoms with van der Waals surface area (Å²) in [6.07, 6.45) is -1.04. The number of unbranched alkanes of at least 4 members (excludes halogenated alkanes) is 1. The van der Waals surface area contributed by atoms with E-state index in [1.54, 1.807) is 42.5 Å². The zero-order chi connectivity index (χ0) is 36.0. The van der Waals surface area contributed by atoms with Crippen LogP contribution in [0.15, 0.2) is 72.8 Å². The largest absolute Gasteiger partial charge is 0.481 e. The summed E-state index contributed by atoms with van der Waals surface area (Å²) < 4.78 is 0. The average molecular weight is 678 g/mol. The van der Waals surface area contributed by atoms with Gasteiger partial charge in [0.1, 0.15) is 23.7 Å². The van der Waals surface area contributed by atoms with Crippen LogP contribution in [0.2, 0.25) is 0 Å². The zero-order valence-corrected chi connectivity index (χ0v) is 27.0. The van der Waals surface area contributed by atoms with Gasteiger partial charge in [0.25, 0.3) is 0 Å². The van der Waals surface area contributed by atoms with Gasteiger partial charge in [-0.15, -0.1) is 0 Å². The van der Waals surface area contributed by atoms with Crippen LogP contribution in [0.25, 0.3) is 10.8 Å².